The van der Waals surface area contributed by atoms with Gasteiger partial charge >= 0.3 is 0 Å². The molecule has 3 heteroatoms. The first kappa shape index (κ1) is 15.5. The Balaban J connectivity index is 2.53. The van der Waals surface area contributed by atoms with Crippen LogP contribution in [0, 0.1) is 11.8 Å². The summed E-state index contributed by atoms with van der Waals surface area (Å²) in [5.74, 6) is 1.11. The van der Waals surface area contributed by atoms with E-state index < -0.39 is 0 Å². The van der Waals surface area contributed by atoms with Gasteiger partial charge in [-0.05, 0) is 45.7 Å². The van der Waals surface area contributed by atoms with Crippen LogP contribution in [0.5, 0.6) is 0 Å². The quantitative estimate of drug-likeness (QED) is 0.790. The van der Waals surface area contributed by atoms with E-state index in [2.05, 4.69) is 38.2 Å². The maximum absolute atomic E-state index is 12.2. The molecule has 0 aromatic heterocycles. The molecule has 2 atom stereocenters. The van der Waals surface area contributed by atoms with Gasteiger partial charge in [0.1, 0.15) is 0 Å². The molecule has 106 valence electrons. The van der Waals surface area contributed by atoms with Crippen molar-refractivity contribution >= 4 is 5.91 Å². The molecule has 0 saturated heterocycles. The van der Waals surface area contributed by atoms with Crippen LogP contribution >= 0.6 is 0 Å². The summed E-state index contributed by atoms with van der Waals surface area (Å²) < 4.78 is 0. The van der Waals surface area contributed by atoms with Crippen molar-refractivity contribution in [3.05, 3.63) is 0 Å². The number of nitrogens with zero attached hydrogens (tertiary/aromatic N) is 1. The Morgan fingerprint density at radius 2 is 1.83 bits per heavy atom. The minimum Gasteiger partial charge on any atom is -0.353 e. The smallest absolute Gasteiger partial charge is 0.223 e. The molecule has 2 unspecified atom stereocenters. The Morgan fingerprint density at radius 3 is 2.39 bits per heavy atom. The van der Waals surface area contributed by atoms with Gasteiger partial charge < -0.3 is 10.2 Å². The van der Waals surface area contributed by atoms with Gasteiger partial charge in [-0.3, -0.25) is 4.79 Å². The fraction of sp³-hybridized carbons (Fsp3) is 0.933. The maximum Gasteiger partial charge on any atom is 0.223 e. The molecule has 0 aliphatic heterocycles. The Bertz CT molecular complexity index is 249. The molecule has 3 nitrogen and oxygen atoms in total. The first-order valence-electron chi connectivity index (χ1n) is 7.53. The Labute approximate surface area is 112 Å². The van der Waals surface area contributed by atoms with Crippen molar-refractivity contribution in [3.8, 4) is 0 Å². The van der Waals surface area contributed by atoms with E-state index in [4.69, 9.17) is 0 Å². The summed E-state index contributed by atoms with van der Waals surface area (Å²) in [6.07, 6.45) is 6.89. The highest BCUT2D eigenvalue weighted by molar-refractivity contribution is 5.78. The van der Waals surface area contributed by atoms with Gasteiger partial charge in [-0.15, -0.1) is 0 Å². The van der Waals surface area contributed by atoms with Crippen molar-refractivity contribution < 1.29 is 4.79 Å². The van der Waals surface area contributed by atoms with Crippen LogP contribution in [0.1, 0.15) is 52.4 Å². The van der Waals surface area contributed by atoms with Crippen LogP contribution in [-0.2, 0) is 4.79 Å². The molecule has 0 aromatic rings. The van der Waals surface area contributed by atoms with E-state index in [-0.39, 0.29) is 11.8 Å². The van der Waals surface area contributed by atoms with E-state index in [1.165, 1.54) is 19.3 Å². The normalized spacial score (nSPS) is 24.6. The second kappa shape index (κ2) is 7.78. The van der Waals surface area contributed by atoms with Crippen molar-refractivity contribution in [1.29, 1.82) is 0 Å². The topological polar surface area (TPSA) is 32.3 Å². The van der Waals surface area contributed by atoms with E-state index in [0.717, 1.165) is 25.8 Å². The molecule has 0 aromatic carbocycles. The number of amides is 1. The average molecular weight is 254 g/mol. The molecular formula is C15H30N2O. The zero-order valence-corrected chi connectivity index (χ0v) is 12.5. The van der Waals surface area contributed by atoms with Crippen LogP contribution in [0.15, 0.2) is 0 Å². The molecule has 1 saturated carbocycles. The zero-order chi connectivity index (χ0) is 13.5. The van der Waals surface area contributed by atoms with Gasteiger partial charge in [0.15, 0.2) is 0 Å². The number of rotatable bonds is 6. The van der Waals surface area contributed by atoms with Crippen LogP contribution < -0.4 is 5.32 Å². The summed E-state index contributed by atoms with van der Waals surface area (Å²) >= 11 is 0. The largest absolute Gasteiger partial charge is 0.353 e. The predicted molar refractivity (Wildman–Crippen MR) is 76.5 cm³/mol. The maximum atomic E-state index is 12.2. The molecule has 1 amide bonds. The highest BCUT2D eigenvalue weighted by Crippen LogP contribution is 2.25. The molecule has 1 N–H and O–H groups in total. The van der Waals surface area contributed by atoms with E-state index in [9.17, 15) is 4.79 Å². The van der Waals surface area contributed by atoms with Crippen LogP contribution in [-0.4, -0.2) is 37.5 Å². The lowest BCUT2D eigenvalue weighted by Crippen LogP contribution is -2.47. The predicted octanol–water partition coefficient (Wildman–Crippen LogP) is 2.66. The van der Waals surface area contributed by atoms with Crippen molar-refractivity contribution in [2.45, 2.75) is 58.4 Å². The number of carbonyl (C=O) groups is 1. The first-order chi connectivity index (χ1) is 8.58. The number of hydrogen-bond donors (Lipinski definition) is 1. The minimum absolute atomic E-state index is 0.201. The molecule has 0 spiro atoms. The molecule has 0 heterocycles. The lowest BCUT2D eigenvalue weighted by molar-refractivity contribution is -0.126. The highest BCUT2D eigenvalue weighted by atomic mass is 16.1. The molecular weight excluding hydrogens is 224 g/mol. The van der Waals surface area contributed by atoms with Crippen LogP contribution in [0.25, 0.3) is 0 Å². The fourth-order valence-electron chi connectivity index (χ4n) is 3.05. The lowest BCUT2D eigenvalue weighted by Gasteiger charge is -2.34. The Morgan fingerprint density at radius 1 is 1.22 bits per heavy atom. The molecule has 1 aliphatic rings. The van der Waals surface area contributed by atoms with Gasteiger partial charge in [-0.1, -0.05) is 26.7 Å². The molecule has 18 heavy (non-hydrogen) atoms. The fourth-order valence-corrected chi connectivity index (χ4v) is 3.05. The molecule has 0 radical (unpaired) electrons. The second-order valence-electron chi connectivity index (χ2n) is 5.94. The van der Waals surface area contributed by atoms with E-state index in [1.54, 1.807) is 0 Å². The number of carbonyl (C=O) groups excluding carboxylic acids is 1. The van der Waals surface area contributed by atoms with Crippen molar-refractivity contribution in [3.63, 3.8) is 0 Å². The Kier molecular flexibility index (Phi) is 6.69. The molecule has 0 bridgehead atoms. The highest BCUT2D eigenvalue weighted by Gasteiger charge is 2.28. The monoisotopic (exact) mass is 254 g/mol. The number of nitrogens with one attached hydrogen (secondary N) is 1. The van der Waals surface area contributed by atoms with Gasteiger partial charge in [0.05, 0.1) is 0 Å². The third kappa shape index (κ3) is 4.60. The van der Waals surface area contributed by atoms with Gasteiger partial charge in [-0.2, -0.15) is 0 Å². The van der Waals surface area contributed by atoms with Crippen LogP contribution in [0.3, 0.4) is 0 Å². The summed E-state index contributed by atoms with van der Waals surface area (Å²) in [6, 6.07) is 0.397. The van der Waals surface area contributed by atoms with Crippen LogP contribution in [0.4, 0.5) is 0 Å². The van der Waals surface area contributed by atoms with E-state index in [0.29, 0.717) is 12.0 Å². The van der Waals surface area contributed by atoms with Gasteiger partial charge in [-0.25, -0.2) is 0 Å². The van der Waals surface area contributed by atoms with Crippen LogP contribution in [0.2, 0.25) is 0 Å². The standard InChI is InChI=1S/C15H30N2O/c1-5-12(6-2)15(18)16-14-10-8-7-9-13(14)11-17(3)4/h12-14H,5-11H2,1-4H3,(H,16,18). The molecule has 1 fully saturated rings. The summed E-state index contributed by atoms with van der Waals surface area (Å²) in [5, 5.41) is 3.31. The number of hydrogen-bond acceptors (Lipinski definition) is 2. The summed E-state index contributed by atoms with van der Waals surface area (Å²) in [4.78, 5) is 14.4. The van der Waals surface area contributed by atoms with Gasteiger partial charge in [0.2, 0.25) is 5.91 Å². The summed E-state index contributed by atoms with van der Waals surface area (Å²) in [5.41, 5.74) is 0. The van der Waals surface area contributed by atoms with Crippen molar-refractivity contribution in [2.24, 2.45) is 11.8 Å². The molecule has 1 rings (SSSR count). The van der Waals surface area contributed by atoms with Crippen molar-refractivity contribution in [1.82, 2.24) is 10.2 Å². The second-order valence-corrected chi connectivity index (χ2v) is 5.94. The van der Waals surface area contributed by atoms with E-state index in [1.807, 2.05) is 0 Å². The van der Waals surface area contributed by atoms with Gasteiger partial charge in [0, 0.05) is 18.5 Å². The Hall–Kier alpha value is -0.570. The van der Waals surface area contributed by atoms with E-state index >= 15 is 0 Å². The lowest BCUT2D eigenvalue weighted by atomic mass is 9.83. The zero-order valence-electron chi connectivity index (χ0n) is 12.5. The SMILES string of the molecule is CCC(CC)C(=O)NC1CCCCC1CN(C)C. The first-order valence-corrected chi connectivity index (χ1v) is 7.53. The average Bonchev–Trinajstić information content (AvgIpc) is 2.32. The third-order valence-corrected chi connectivity index (χ3v) is 4.19. The van der Waals surface area contributed by atoms with Crippen molar-refractivity contribution in [2.75, 3.05) is 20.6 Å². The minimum atomic E-state index is 0.201. The molecule has 1 aliphatic carbocycles. The summed E-state index contributed by atoms with van der Waals surface area (Å²) in [6.45, 7) is 5.30. The third-order valence-electron chi connectivity index (χ3n) is 4.19. The van der Waals surface area contributed by atoms with Gasteiger partial charge in [0.25, 0.3) is 0 Å². The summed E-state index contributed by atoms with van der Waals surface area (Å²) in [7, 11) is 4.24.